The number of hydrogen-bond donors (Lipinski definition) is 0. The minimum absolute atomic E-state index is 0.133. The number of hydrogen-bond acceptors (Lipinski definition) is 5. The Kier molecular flexibility index (Phi) is 7.99. The van der Waals surface area contributed by atoms with E-state index in [4.69, 9.17) is 18.9 Å². The summed E-state index contributed by atoms with van der Waals surface area (Å²) >= 11 is 0. The van der Waals surface area contributed by atoms with E-state index in [2.05, 4.69) is 6.58 Å². The monoisotopic (exact) mass is 396 g/mol. The van der Waals surface area contributed by atoms with Crippen LogP contribution in [0.2, 0.25) is 0 Å². The Hall–Kier alpha value is -2.47. The molecule has 1 heterocycles. The van der Waals surface area contributed by atoms with E-state index in [0.29, 0.717) is 19.6 Å². The SMILES string of the molecule is C=CCC1O[C@H](COC(C)=O)[C@@H](OCc2ccccc2)[C@H]1OCc1ccccc1. The molecule has 29 heavy (non-hydrogen) atoms. The second-order valence-electron chi connectivity index (χ2n) is 7.06. The fourth-order valence-corrected chi connectivity index (χ4v) is 3.43. The molecular formula is C24H28O5. The number of rotatable bonds is 10. The lowest BCUT2D eigenvalue weighted by atomic mass is 10.0. The maximum Gasteiger partial charge on any atom is 0.302 e. The highest BCUT2D eigenvalue weighted by atomic mass is 16.6. The van der Waals surface area contributed by atoms with Gasteiger partial charge >= 0.3 is 5.97 Å². The first-order valence-electron chi connectivity index (χ1n) is 9.88. The Labute approximate surface area is 172 Å². The molecule has 3 rings (SSSR count). The third-order valence-corrected chi connectivity index (χ3v) is 4.83. The van der Waals surface area contributed by atoms with E-state index in [1.807, 2.05) is 66.7 Å². The fraction of sp³-hybridized carbons (Fsp3) is 0.375. The first-order chi connectivity index (χ1) is 14.2. The molecule has 0 aliphatic carbocycles. The summed E-state index contributed by atoms with van der Waals surface area (Å²) in [5.74, 6) is -0.343. The van der Waals surface area contributed by atoms with E-state index in [1.165, 1.54) is 6.92 Å². The van der Waals surface area contributed by atoms with E-state index in [1.54, 1.807) is 0 Å². The minimum Gasteiger partial charge on any atom is -0.463 e. The Balaban J connectivity index is 1.73. The fourth-order valence-electron chi connectivity index (χ4n) is 3.43. The van der Waals surface area contributed by atoms with Crippen LogP contribution in [0.5, 0.6) is 0 Å². The molecule has 1 aliphatic rings. The molecule has 0 saturated carbocycles. The molecule has 1 aliphatic heterocycles. The topological polar surface area (TPSA) is 54.0 Å². The summed E-state index contributed by atoms with van der Waals surface area (Å²) in [4.78, 5) is 11.3. The molecular weight excluding hydrogens is 368 g/mol. The lowest BCUT2D eigenvalue weighted by Gasteiger charge is -2.25. The quantitative estimate of drug-likeness (QED) is 0.448. The predicted octanol–water partition coefficient (Wildman–Crippen LogP) is 4.06. The summed E-state index contributed by atoms with van der Waals surface area (Å²) in [6.45, 7) is 6.23. The average Bonchev–Trinajstić information content (AvgIpc) is 3.07. The van der Waals surface area contributed by atoms with E-state index in [-0.39, 0.29) is 30.9 Å². The standard InChI is InChI=1S/C24H28O5/c1-3-10-21-23(27-15-19-11-6-4-7-12-19)24(22(29-21)17-26-18(2)25)28-16-20-13-8-5-9-14-20/h3-9,11-14,21-24H,1,10,15-17H2,2H3/t21?,22-,23+,24-/m1/s1. The lowest BCUT2D eigenvalue weighted by Crippen LogP contribution is -2.39. The summed E-state index contributed by atoms with van der Waals surface area (Å²) in [6, 6.07) is 19.9. The molecule has 0 bridgehead atoms. The number of esters is 1. The van der Waals surface area contributed by atoms with Gasteiger partial charge in [0.2, 0.25) is 0 Å². The van der Waals surface area contributed by atoms with Gasteiger partial charge in [0.1, 0.15) is 24.9 Å². The van der Waals surface area contributed by atoms with Gasteiger partial charge in [-0.05, 0) is 17.5 Å². The molecule has 1 fully saturated rings. The molecule has 2 aromatic rings. The molecule has 0 amide bonds. The molecule has 2 aromatic carbocycles. The number of carbonyl (C=O) groups is 1. The predicted molar refractivity (Wildman–Crippen MR) is 110 cm³/mol. The number of carbonyl (C=O) groups excluding carboxylic acids is 1. The van der Waals surface area contributed by atoms with Crippen LogP contribution >= 0.6 is 0 Å². The van der Waals surface area contributed by atoms with Gasteiger partial charge in [0.25, 0.3) is 0 Å². The zero-order valence-electron chi connectivity index (χ0n) is 16.7. The Morgan fingerprint density at radius 3 is 1.93 bits per heavy atom. The van der Waals surface area contributed by atoms with Gasteiger partial charge in [-0.25, -0.2) is 0 Å². The smallest absolute Gasteiger partial charge is 0.302 e. The van der Waals surface area contributed by atoms with Crippen molar-refractivity contribution in [2.24, 2.45) is 0 Å². The maximum atomic E-state index is 11.3. The third kappa shape index (κ3) is 6.26. The van der Waals surface area contributed by atoms with Crippen LogP contribution < -0.4 is 0 Å². The van der Waals surface area contributed by atoms with E-state index >= 15 is 0 Å². The Morgan fingerprint density at radius 2 is 1.45 bits per heavy atom. The largest absolute Gasteiger partial charge is 0.463 e. The zero-order valence-corrected chi connectivity index (χ0v) is 16.7. The summed E-state index contributed by atoms with van der Waals surface area (Å²) in [5, 5.41) is 0. The molecule has 0 aromatic heterocycles. The second-order valence-corrected chi connectivity index (χ2v) is 7.06. The van der Waals surface area contributed by atoms with Crippen molar-refractivity contribution in [1.29, 1.82) is 0 Å². The van der Waals surface area contributed by atoms with Gasteiger partial charge in [-0.15, -0.1) is 6.58 Å². The molecule has 4 atom stereocenters. The van der Waals surface area contributed by atoms with Crippen LogP contribution in [0.3, 0.4) is 0 Å². The van der Waals surface area contributed by atoms with Crippen LogP contribution in [0.4, 0.5) is 0 Å². The van der Waals surface area contributed by atoms with Crippen molar-refractivity contribution in [3.05, 3.63) is 84.4 Å². The van der Waals surface area contributed by atoms with Crippen LogP contribution in [0.25, 0.3) is 0 Å². The molecule has 0 spiro atoms. The number of benzene rings is 2. The van der Waals surface area contributed by atoms with Gasteiger partial charge in [-0.1, -0.05) is 66.7 Å². The molecule has 5 nitrogen and oxygen atoms in total. The third-order valence-electron chi connectivity index (χ3n) is 4.83. The first kappa shape index (κ1) is 21.2. The van der Waals surface area contributed by atoms with E-state index < -0.39 is 6.10 Å². The Morgan fingerprint density at radius 1 is 0.931 bits per heavy atom. The van der Waals surface area contributed by atoms with Gasteiger partial charge in [0.05, 0.1) is 19.3 Å². The minimum atomic E-state index is -0.395. The summed E-state index contributed by atoms with van der Waals surface area (Å²) in [5.41, 5.74) is 2.14. The lowest BCUT2D eigenvalue weighted by molar-refractivity contribution is -0.148. The van der Waals surface area contributed by atoms with Crippen molar-refractivity contribution < 1.29 is 23.7 Å². The highest BCUT2D eigenvalue weighted by molar-refractivity contribution is 5.65. The molecule has 1 saturated heterocycles. The maximum absolute atomic E-state index is 11.3. The molecule has 5 heteroatoms. The Bertz CT molecular complexity index is 761. The molecule has 1 unspecified atom stereocenters. The van der Waals surface area contributed by atoms with Crippen molar-refractivity contribution in [3.63, 3.8) is 0 Å². The van der Waals surface area contributed by atoms with Gasteiger partial charge in [0, 0.05) is 6.92 Å². The van der Waals surface area contributed by atoms with E-state index in [9.17, 15) is 4.79 Å². The second kappa shape index (κ2) is 10.9. The highest BCUT2D eigenvalue weighted by Crippen LogP contribution is 2.30. The highest BCUT2D eigenvalue weighted by Gasteiger charge is 2.46. The molecule has 0 N–H and O–H groups in total. The van der Waals surface area contributed by atoms with Crippen molar-refractivity contribution in [3.8, 4) is 0 Å². The van der Waals surface area contributed by atoms with Gasteiger partial charge < -0.3 is 18.9 Å². The number of ether oxygens (including phenoxy) is 4. The van der Waals surface area contributed by atoms with Crippen LogP contribution in [0.15, 0.2) is 73.3 Å². The van der Waals surface area contributed by atoms with Crippen molar-refractivity contribution in [2.75, 3.05) is 6.61 Å². The summed E-state index contributed by atoms with van der Waals surface area (Å²) in [6.07, 6.45) is 1.18. The van der Waals surface area contributed by atoms with Crippen molar-refractivity contribution >= 4 is 5.97 Å². The van der Waals surface area contributed by atoms with Crippen LogP contribution in [-0.2, 0) is 37.0 Å². The van der Waals surface area contributed by atoms with Gasteiger partial charge in [-0.3, -0.25) is 4.79 Å². The molecule has 154 valence electrons. The average molecular weight is 396 g/mol. The summed E-state index contributed by atoms with van der Waals surface area (Å²) in [7, 11) is 0. The first-order valence-corrected chi connectivity index (χ1v) is 9.88. The van der Waals surface area contributed by atoms with Crippen LogP contribution in [0.1, 0.15) is 24.5 Å². The molecule has 0 radical (unpaired) electrons. The van der Waals surface area contributed by atoms with Gasteiger partial charge in [-0.2, -0.15) is 0 Å². The summed E-state index contributed by atoms with van der Waals surface area (Å²) < 4.78 is 23.9. The van der Waals surface area contributed by atoms with Gasteiger partial charge in [0.15, 0.2) is 0 Å². The normalized spacial score (nSPS) is 23.6. The van der Waals surface area contributed by atoms with E-state index in [0.717, 1.165) is 11.1 Å². The van der Waals surface area contributed by atoms with Crippen LogP contribution in [-0.4, -0.2) is 37.0 Å². The zero-order chi connectivity index (χ0) is 20.5. The van der Waals surface area contributed by atoms with Crippen LogP contribution in [0, 0.1) is 0 Å². The van der Waals surface area contributed by atoms with Crippen molar-refractivity contribution in [1.82, 2.24) is 0 Å². The van der Waals surface area contributed by atoms with Crippen molar-refractivity contribution in [2.45, 2.75) is 51.0 Å².